The minimum atomic E-state index is 0.665. The second-order valence-corrected chi connectivity index (χ2v) is 7.64. The van der Waals surface area contributed by atoms with Gasteiger partial charge in [0.05, 0.1) is 11.0 Å². The highest BCUT2D eigenvalue weighted by Crippen LogP contribution is 2.30. The fourth-order valence-corrected chi connectivity index (χ4v) is 3.46. The summed E-state index contributed by atoms with van der Waals surface area (Å²) in [5.74, 6) is 0.809. The van der Waals surface area contributed by atoms with Gasteiger partial charge in [0.15, 0.2) is 5.82 Å². The zero-order chi connectivity index (χ0) is 19.5. The summed E-state index contributed by atoms with van der Waals surface area (Å²) in [5.41, 5.74) is 3.53. The smallest absolute Gasteiger partial charge is 0.153 e. The SMILES string of the molecule is CN(C)CCCNc1nc2ccc(Cl)cc2nc1-c1ccc2ccccc2c1. The van der Waals surface area contributed by atoms with Gasteiger partial charge < -0.3 is 10.2 Å². The molecule has 0 aliphatic rings. The Hall–Kier alpha value is -2.69. The number of hydrogen-bond donors (Lipinski definition) is 1. The molecule has 0 aliphatic carbocycles. The number of nitrogens with zero attached hydrogens (tertiary/aromatic N) is 3. The van der Waals surface area contributed by atoms with Gasteiger partial charge in [-0.25, -0.2) is 9.97 Å². The zero-order valence-electron chi connectivity index (χ0n) is 16.1. The summed E-state index contributed by atoms with van der Waals surface area (Å²) in [6.07, 6.45) is 1.03. The number of aromatic nitrogens is 2. The van der Waals surface area contributed by atoms with Gasteiger partial charge >= 0.3 is 0 Å². The van der Waals surface area contributed by atoms with E-state index in [9.17, 15) is 0 Å². The average molecular weight is 391 g/mol. The molecule has 0 bridgehead atoms. The first kappa shape index (κ1) is 18.7. The van der Waals surface area contributed by atoms with Crippen molar-refractivity contribution in [3.05, 3.63) is 65.7 Å². The number of rotatable bonds is 6. The number of fused-ring (bicyclic) bond motifs is 2. The van der Waals surface area contributed by atoms with Crippen LogP contribution in [0, 0.1) is 0 Å². The topological polar surface area (TPSA) is 41.0 Å². The van der Waals surface area contributed by atoms with Gasteiger partial charge in [-0.2, -0.15) is 0 Å². The van der Waals surface area contributed by atoms with Crippen LogP contribution in [0.1, 0.15) is 6.42 Å². The number of halogens is 1. The molecule has 0 radical (unpaired) electrons. The molecule has 4 aromatic rings. The standard InChI is InChI=1S/C23H23ClN4/c1-28(2)13-5-12-25-23-22(26-21-15-19(24)10-11-20(21)27-23)18-9-8-16-6-3-4-7-17(16)14-18/h3-4,6-11,14-15H,5,12-13H2,1-2H3,(H,25,27). The maximum absolute atomic E-state index is 6.18. The van der Waals surface area contributed by atoms with E-state index in [2.05, 4.69) is 66.8 Å². The van der Waals surface area contributed by atoms with Gasteiger partial charge in [-0.1, -0.05) is 48.0 Å². The Morgan fingerprint density at radius 3 is 2.54 bits per heavy atom. The molecule has 1 heterocycles. The quantitative estimate of drug-likeness (QED) is 0.443. The molecular formula is C23H23ClN4. The Bertz CT molecular complexity index is 1120. The van der Waals surface area contributed by atoms with E-state index in [1.165, 1.54) is 10.8 Å². The van der Waals surface area contributed by atoms with E-state index in [1.54, 1.807) is 0 Å². The lowest BCUT2D eigenvalue weighted by Crippen LogP contribution is -2.17. The van der Waals surface area contributed by atoms with E-state index in [4.69, 9.17) is 21.6 Å². The molecule has 0 fully saturated rings. The van der Waals surface area contributed by atoms with Crippen molar-refractivity contribution in [3.8, 4) is 11.3 Å². The molecule has 142 valence electrons. The Morgan fingerprint density at radius 2 is 1.71 bits per heavy atom. The van der Waals surface area contributed by atoms with Crippen molar-refractivity contribution >= 4 is 39.2 Å². The van der Waals surface area contributed by atoms with Crippen molar-refractivity contribution in [2.75, 3.05) is 32.5 Å². The largest absolute Gasteiger partial charge is 0.368 e. The lowest BCUT2D eigenvalue weighted by molar-refractivity contribution is 0.405. The molecule has 3 aromatic carbocycles. The Kier molecular flexibility index (Phi) is 5.42. The molecule has 1 aromatic heterocycles. The highest BCUT2D eigenvalue weighted by atomic mass is 35.5. The summed E-state index contributed by atoms with van der Waals surface area (Å²) in [5, 5.41) is 6.55. The van der Waals surface area contributed by atoms with Crippen LogP contribution < -0.4 is 5.32 Å². The summed E-state index contributed by atoms with van der Waals surface area (Å²) < 4.78 is 0. The third kappa shape index (κ3) is 4.08. The van der Waals surface area contributed by atoms with Crippen molar-refractivity contribution in [2.24, 2.45) is 0 Å². The predicted octanol–water partition coefficient (Wildman–Crippen LogP) is 5.47. The van der Waals surface area contributed by atoms with Crippen molar-refractivity contribution in [1.29, 1.82) is 0 Å². The normalized spacial score (nSPS) is 11.4. The van der Waals surface area contributed by atoms with Crippen LogP contribution >= 0.6 is 11.6 Å². The third-order valence-corrected chi connectivity index (χ3v) is 4.96. The van der Waals surface area contributed by atoms with Crippen LogP contribution in [0.5, 0.6) is 0 Å². The monoisotopic (exact) mass is 390 g/mol. The molecule has 1 N–H and O–H groups in total. The third-order valence-electron chi connectivity index (χ3n) is 4.72. The molecule has 4 rings (SSSR count). The zero-order valence-corrected chi connectivity index (χ0v) is 16.9. The van der Waals surface area contributed by atoms with Gasteiger partial charge in [0.1, 0.15) is 5.69 Å². The maximum Gasteiger partial charge on any atom is 0.153 e. The van der Waals surface area contributed by atoms with Crippen molar-refractivity contribution in [2.45, 2.75) is 6.42 Å². The minimum Gasteiger partial charge on any atom is -0.368 e. The van der Waals surface area contributed by atoms with Gasteiger partial charge in [-0.3, -0.25) is 0 Å². The van der Waals surface area contributed by atoms with Crippen molar-refractivity contribution in [3.63, 3.8) is 0 Å². The van der Waals surface area contributed by atoms with Gasteiger partial charge in [0, 0.05) is 17.1 Å². The Balaban J connectivity index is 1.77. The lowest BCUT2D eigenvalue weighted by Gasteiger charge is -2.14. The first-order chi connectivity index (χ1) is 13.6. The highest BCUT2D eigenvalue weighted by molar-refractivity contribution is 6.31. The summed E-state index contributed by atoms with van der Waals surface area (Å²) in [6, 6.07) is 20.4. The van der Waals surface area contributed by atoms with Crippen LogP contribution in [0.25, 0.3) is 33.1 Å². The van der Waals surface area contributed by atoms with Crippen LogP contribution in [0.3, 0.4) is 0 Å². The molecule has 5 heteroatoms. The lowest BCUT2D eigenvalue weighted by atomic mass is 10.0. The van der Waals surface area contributed by atoms with Gasteiger partial charge in [0.25, 0.3) is 0 Å². The fraction of sp³-hybridized carbons (Fsp3) is 0.217. The molecule has 0 amide bonds. The molecule has 0 unspecified atom stereocenters. The Morgan fingerprint density at radius 1 is 0.893 bits per heavy atom. The molecular weight excluding hydrogens is 368 g/mol. The fourth-order valence-electron chi connectivity index (χ4n) is 3.29. The van der Waals surface area contributed by atoms with E-state index in [0.717, 1.165) is 47.6 Å². The van der Waals surface area contributed by atoms with Gasteiger partial charge in [-0.05, 0) is 62.1 Å². The molecule has 0 atom stereocenters. The second kappa shape index (κ2) is 8.13. The Labute approximate surface area is 170 Å². The highest BCUT2D eigenvalue weighted by Gasteiger charge is 2.12. The first-order valence-electron chi connectivity index (χ1n) is 9.45. The van der Waals surface area contributed by atoms with E-state index >= 15 is 0 Å². The molecule has 4 nitrogen and oxygen atoms in total. The molecule has 0 spiro atoms. The maximum atomic E-state index is 6.18. The first-order valence-corrected chi connectivity index (χ1v) is 9.83. The van der Waals surface area contributed by atoms with Crippen molar-refractivity contribution in [1.82, 2.24) is 14.9 Å². The van der Waals surface area contributed by atoms with Crippen LogP contribution in [0.2, 0.25) is 5.02 Å². The molecule has 0 saturated carbocycles. The molecule has 0 saturated heterocycles. The van der Waals surface area contributed by atoms with E-state index in [-0.39, 0.29) is 0 Å². The molecule has 0 aliphatic heterocycles. The average Bonchev–Trinajstić information content (AvgIpc) is 2.70. The van der Waals surface area contributed by atoms with Crippen LogP contribution in [-0.2, 0) is 0 Å². The second-order valence-electron chi connectivity index (χ2n) is 7.20. The summed E-state index contributed by atoms with van der Waals surface area (Å²) in [7, 11) is 4.17. The van der Waals surface area contributed by atoms with Crippen LogP contribution in [0.15, 0.2) is 60.7 Å². The van der Waals surface area contributed by atoms with Crippen LogP contribution in [0.4, 0.5) is 5.82 Å². The summed E-state index contributed by atoms with van der Waals surface area (Å²) in [6.45, 7) is 1.86. The van der Waals surface area contributed by atoms with Crippen LogP contribution in [-0.4, -0.2) is 42.1 Å². The number of hydrogen-bond acceptors (Lipinski definition) is 4. The molecule has 28 heavy (non-hydrogen) atoms. The van der Waals surface area contributed by atoms with E-state index < -0.39 is 0 Å². The number of nitrogens with one attached hydrogen (secondary N) is 1. The van der Waals surface area contributed by atoms with Gasteiger partial charge in [0.2, 0.25) is 0 Å². The predicted molar refractivity (Wildman–Crippen MR) is 119 cm³/mol. The number of anilines is 1. The number of benzene rings is 3. The van der Waals surface area contributed by atoms with Gasteiger partial charge in [-0.15, -0.1) is 0 Å². The minimum absolute atomic E-state index is 0.665. The van der Waals surface area contributed by atoms with E-state index in [0.29, 0.717) is 5.02 Å². The summed E-state index contributed by atoms with van der Waals surface area (Å²) >= 11 is 6.18. The van der Waals surface area contributed by atoms with E-state index in [1.807, 2.05) is 18.2 Å². The van der Waals surface area contributed by atoms with Crippen molar-refractivity contribution < 1.29 is 0 Å². The summed E-state index contributed by atoms with van der Waals surface area (Å²) in [4.78, 5) is 11.9.